The molecule has 0 N–H and O–H groups in total. The Morgan fingerprint density at radius 1 is 1.08 bits per heavy atom. The summed E-state index contributed by atoms with van der Waals surface area (Å²) in [5.74, 6) is 2.32. The number of esters is 1. The van der Waals surface area contributed by atoms with Gasteiger partial charge >= 0.3 is 5.97 Å². The largest absolute Gasteiger partial charge is 0.462 e. The molecule has 0 amide bonds. The van der Waals surface area contributed by atoms with Crippen LogP contribution in [0.25, 0.3) is 0 Å². The van der Waals surface area contributed by atoms with E-state index in [1.807, 2.05) is 6.08 Å². The monoisotopic (exact) mass is 330 g/mol. The summed E-state index contributed by atoms with van der Waals surface area (Å²) in [7, 11) is 0. The van der Waals surface area contributed by atoms with Gasteiger partial charge in [-0.2, -0.15) is 0 Å². The van der Waals surface area contributed by atoms with Crippen molar-refractivity contribution in [3.8, 4) is 0 Å². The van der Waals surface area contributed by atoms with Crippen LogP contribution < -0.4 is 0 Å². The third-order valence-corrected chi connectivity index (χ3v) is 8.18. The van der Waals surface area contributed by atoms with Gasteiger partial charge in [0.05, 0.1) is 0 Å². The Hall–Kier alpha value is -1.12. The Morgan fingerprint density at radius 3 is 2.62 bits per heavy atom. The lowest BCUT2D eigenvalue weighted by atomic mass is 9.47. The van der Waals surface area contributed by atoms with E-state index in [9.17, 15) is 9.59 Å². The minimum absolute atomic E-state index is 0.110. The molecule has 0 heterocycles. The molecule has 0 saturated heterocycles. The highest BCUT2D eigenvalue weighted by Crippen LogP contribution is 2.65. The lowest BCUT2D eigenvalue weighted by molar-refractivity contribution is -0.157. The van der Waals surface area contributed by atoms with Crippen molar-refractivity contribution >= 4 is 11.8 Å². The van der Waals surface area contributed by atoms with Crippen molar-refractivity contribution in [2.45, 2.75) is 78.2 Å². The number of ether oxygens (including phenoxy) is 1. The molecule has 0 aromatic carbocycles. The molecule has 0 aromatic rings. The quantitative estimate of drug-likeness (QED) is 0.667. The first-order valence-electron chi connectivity index (χ1n) is 9.76. The standard InChI is InChI=1S/C21H30O3/c1-13(22)24-19-7-6-17-16-5-4-14-12-15(23)8-10-20(14,2)18(16)9-11-21(17,19)3/h12,16-19H,4-11H2,1-3H3/t16-,17-,18+,19?,20-,21-/m0/s1. The van der Waals surface area contributed by atoms with Crippen LogP contribution >= 0.6 is 0 Å². The van der Waals surface area contributed by atoms with E-state index in [2.05, 4.69) is 13.8 Å². The molecule has 4 rings (SSSR count). The Kier molecular flexibility index (Phi) is 3.71. The molecule has 0 bridgehead atoms. The third-order valence-electron chi connectivity index (χ3n) is 8.18. The second-order valence-electron chi connectivity index (χ2n) is 9.19. The zero-order valence-corrected chi connectivity index (χ0v) is 15.3. The van der Waals surface area contributed by atoms with Gasteiger partial charge in [-0.3, -0.25) is 9.59 Å². The number of hydrogen-bond donors (Lipinski definition) is 0. The predicted octanol–water partition coefficient (Wildman–Crippen LogP) is 4.45. The van der Waals surface area contributed by atoms with Crippen LogP contribution in [0.5, 0.6) is 0 Å². The summed E-state index contributed by atoms with van der Waals surface area (Å²) < 4.78 is 5.71. The van der Waals surface area contributed by atoms with Crippen LogP contribution in [-0.2, 0) is 14.3 Å². The van der Waals surface area contributed by atoms with Gasteiger partial charge in [-0.05, 0) is 74.2 Å². The van der Waals surface area contributed by atoms with Crippen molar-refractivity contribution in [3.63, 3.8) is 0 Å². The number of carbonyl (C=O) groups is 2. The van der Waals surface area contributed by atoms with Gasteiger partial charge in [0.2, 0.25) is 0 Å². The van der Waals surface area contributed by atoms with Gasteiger partial charge in [-0.1, -0.05) is 19.4 Å². The summed E-state index contributed by atoms with van der Waals surface area (Å²) in [6, 6.07) is 0. The number of ketones is 1. The Morgan fingerprint density at radius 2 is 1.88 bits per heavy atom. The second-order valence-corrected chi connectivity index (χ2v) is 9.19. The van der Waals surface area contributed by atoms with Crippen LogP contribution in [-0.4, -0.2) is 17.9 Å². The fraction of sp³-hybridized carbons (Fsp3) is 0.810. The lowest BCUT2D eigenvalue weighted by Gasteiger charge is -2.57. The maximum absolute atomic E-state index is 11.9. The van der Waals surface area contributed by atoms with Crippen molar-refractivity contribution < 1.29 is 14.3 Å². The smallest absolute Gasteiger partial charge is 0.302 e. The van der Waals surface area contributed by atoms with Crippen LogP contribution in [0, 0.1) is 28.6 Å². The number of fused-ring (bicyclic) bond motifs is 5. The molecule has 0 radical (unpaired) electrons. The van der Waals surface area contributed by atoms with Gasteiger partial charge in [-0.15, -0.1) is 0 Å². The van der Waals surface area contributed by atoms with Crippen LogP contribution in [0.1, 0.15) is 72.1 Å². The molecular weight excluding hydrogens is 300 g/mol. The first-order chi connectivity index (χ1) is 11.3. The molecule has 3 fully saturated rings. The molecule has 4 aliphatic rings. The first-order valence-corrected chi connectivity index (χ1v) is 9.76. The molecule has 24 heavy (non-hydrogen) atoms. The van der Waals surface area contributed by atoms with E-state index >= 15 is 0 Å². The average molecular weight is 330 g/mol. The summed E-state index contributed by atoms with van der Waals surface area (Å²) in [6.45, 7) is 6.33. The maximum atomic E-state index is 11.9. The molecule has 0 spiro atoms. The van der Waals surface area contributed by atoms with Gasteiger partial charge in [0, 0.05) is 18.8 Å². The van der Waals surface area contributed by atoms with Gasteiger partial charge < -0.3 is 4.74 Å². The summed E-state index contributed by atoms with van der Waals surface area (Å²) >= 11 is 0. The van der Waals surface area contributed by atoms with Crippen molar-refractivity contribution in [1.82, 2.24) is 0 Å². The van der Waals surface area contributed by atoms with E-state index < -0.39 is 0 Å². The molecule has 0 aliphatic heterocycles. The normalized spacial score (nSPS) is 47.3. The van der Waals surface area contributed by atoms with Crippen LogP contribution in [0.15, 0.2) is 11.6 Å². The molecule has 0 aromatic heterocycles. The number of rotatable bonds is 1. The van der Waals surface area contributed by atoms with E-state index in [1.54, 1.807) is 6.92 Å². The molecule has 3 heteroatoms. The molecule has 132 valence electrons. The van der Waals surface area contributed by atoms with Crippen LogP contribution in [0.4, 0.5) is 0 Å². The van der Waals surface area contributed by atoms with Crippen LogP contribution in [0.3, 0.4) is 0 Å². The Balaban J connectivity index is 1.62. The van der Waals surface area contributed by atoms with E-state index in [0.29, 0.717) is 17.6 Å². The molecular formula is C21H30O3. The molecule has 3 nitrogen and oxygen atoms in total. The van der Waals surface area contributed by atoms with Crippen molar-refractivity contribution in [2.75, 3.05) is 0 Å². The highest BCUT2D eigenvalue weighted by atomic mass is 16.5. The van der Waals surface area contributed by atoms with E-state index in [1.165, 1.54) is 24.8 Å². The number of carbonyl (C=O) groups excluding carboxylic acids is 2. The summed E-state index contributed by atoms with van der Waals surface area (Å²) in [4.78, 5) is 23.4. The Labute approximate surface area is 145 Å². The minimum atomic E-state index is -0.129. The van der Waals surface area contributed by atoms with Crippen molar-refractivity contribution in [3.05, 3.63) is 11.6 Å². The van der Waals surface area contributed by atoms with E-state index in [4.69, 9.17) is 4.74 Å². The van der Waals surface area contributed by atoms with Crippen LogP contribution in [0.2, 0.25) is 0 Å². The molecule has 1 unspecified atom stereocenters. The number of allylic oxidation sites excluding steroid dienone is 1. The molecule has 6 atom stereocenters. The highest BCUT2D eigenvalue weighted by molar-refractivity contribution is 5.91. The van der Waals surface area contributed by atoms with Crippen molar-refractivity contribution in [2.24, 2.45) is 28.6 Å². The van der Waals surface area contributed by atoms with Gasteiger partial charge in [0.25, 0.3) is 0 Å². The lowest BCUT2D eigenvalue weighted by Crippen LogP contribution is -2.51. The third kappa shape index (κ3) is 2.23. The number of hydrogen-bond acceptors (Lipinski definition) is 3. The second kappa shape index (κ2) is 5.44. The summed E-state index contributed by atoms with van der Waals surface area (Å²) in [5.41, 5.74) is 1.82. The minimum Gasteiger partial charge on any atom is -0.462 e. The van der Waals surface area contributed by atoms with E-state index in [-0.39, 0.29) is 22.9 Å². The van der Waals surface area contributed by atoms with Gasteiger partial charge in [-0.25, -0.2) is 0 Å². The van der Waals surface area contributed by atoms with Gasteiger partial charge in [0.1, 0.15) is 6.10 Å². The van der Waals surface area contributed by atoms with Gasteiger partial charge in [0.15, 0.2) is 5.78 Å². The fourth-order valence-electron chi connectivity index (χ4n) is 6.91. The fourth-order valence-corrected chi connectivity index (χ4v) is 6.91. The SMILES string of the molecule is CC(=O)OC1CC[C@H]2[C@@H]3CCC4=CC(=O)CC[C@]4(C)[C@@H]3CC[C@]12C. The van der Waals surface area contributed by atoms with Crippen molar-refractivity contribution in [1.29, 1.82) is 0 Å². The molecule has 4 aliphatic carbocycles. The zero-order chi connectivity index (χ0) is 17.1. The summed E-state index contributed by atoms with van der Waals surface area (Å²) in [6.07, 6.45) is 10.8. The first kappa shape index (κ1) is 16.4. The topological polar surface area (TPSA) is 43.4 Å². The highest BCUT2D eigenvalue weighted by Gasteiger charge is 2.59. The Bertz CT molecular complexity index is 606. The average Bonchev–Trinajstić information content (AvgIpc) is 2.84. The maximum Gasteiger partial charge on any atom is 0.302 e. The summed E-state index contributed by atoms with van der Waals surface area (Å²) in [5, 5.41) is 0. The predicted molar refractivity (Wildman–Crippen MR) is 92.3 cm³/mol. The zero-order valence-electron chi connectivity index (χ0n) is 15.3. The molecule has 3 saturated carbocycles. The van der Waals surface area contributed by atoms with E-state index in [0.717, 1.165) is 38.0 Å².